The highest BCUT2D eigenvalue weighted by Crippen LogP contribution is 2.59. The van der Waals surface area contributed by atoms with Crippen molar-refractivity contribution < 1.29 is 4.42 Å². The monoisotopic (exact) mass is 853 g/mol. The lowest BCUT2D eigenvalue weighted by atomic mass is 9.68. The summed E-state index contributed by atoms with van der Waals surface area (Å²) in [6.45, 7) is 0. The fraction of sp³-hybridized carbons (Fsp3) is 0.0154. The second-order valence-electron chi connectivity index (χ2n) is 17.6. The molecule has 1 heterocycles. The van der Waals surface area contributed by atoms with E-state index in [4.69, 9.17) is 4.42 Å². The number of furan rings is 1. The first-order valence-corrected chi connectivity index (χ1v) is 23.1. The molecule has 0 radical (unpaired) electrons. The summed E-state index contributed by atoms with van der Waals surface area (Å²) in [5.74, 6) is 0. The third kappa shape index (κ3) is 6.26. The second-order valence-corrected chi connectivity index (χ2v) is 17.6. The summed E-state index contributed by atoms with van der Waals surface area (Å²) in [6.07, 6.45) is 0. The van der Waals surface area contributed by atoms with Gasteiger partial charge in [0.15, 0.2) is 0 Å². The summed E-state index contributed by atoms with van der Waals surface area (Å²) >= 11 is 0. The van der Waals surface area contributed by atoms with Crippen LogP contribution in [0.2, 0.25) is 0 Å². The summed E-state index contributed by atoms with van der Waals surface area (Å²) < 4.78 is 6.32. The molecule has 0 saturated heterocycles. The molecule has 0 spiro atoms. The minimum Gasteiger partial charge on any atom is -0.456 e. The molecule has 11 aromatic carbocycles. The summed E-state index contributed by atoms with van der Waals surface area (Å²) in [4.78, 5) is 2.45. The van der Waals surface area contributed by atoms with Crippen LogP contribution in [0, 0.1) is 0 Å². The number of hydrogen-bond donors (Lipinski definition) is 0. The van der Waals surface area contributed by atoms with Crippen molar-refractivity contribution in [2.45, 2.75) is 5.41 Å². The lowest BCUT2D eigenvalue weighted by molar-refractivity contribution is 0.669. The lowest BCUT2D eigenvalue weighted by Gasteiger charge is -2.34. The van der Waals surface area contributed by atoms with Gasteiger partial charge in [0.05, 0.1) is 11.1 Å². The highest BCUT2D eigenvalue weighted by atomic mass is 16.3. The van der Waals surface area contributed by atoms with E-state index in [1.807, 2.05) is 12.1 Å². The van der Waals surface area contributed by atoms with Gasteiger partial charge in [-0.3, -0.25) is 0 Å². The Morgan fingerprint density at radius 3 is 1.55 bits per heavy atom. The highest BCUT2D eigenvalue weighted by molar-refractivity contribution is 6.12. The molecule has 2 heteroatoms. The maximum absolute atomic E-state index is 6.32. The van der Waals surface area contributed by atoms with Gasteiger partial charge in [-0.05, 0) is 121 Å². The van der Waals surface area contributed by atoms with E-state index < -0.39 is 5.41 Å². The van der Waals surface area contributed by atoms with Crippen LogP contribution in [0.5, 0.6) is 0 Å². The third-order valence-electron chi connectivity index (χ3n) is 14.0. The second kappa shape index (κ2) is 15.8. The number of fused-ring (bicyclic) bond motifs is 7. The number of para-hydroxylation sites is 1. The van der Waals surface area contributed by atoms with Gasteiger partial charge < -0.3 is 9.32 Å². The number of benzene rings is 11. The van der Waals surface area contributed by atoms with Crippen molar-refractivity contribution in [1.82, 2.24) is 0 Å². The molecule has 2 nitrogen and oxygen atoms in total. The van der Waals surface area contributed by atoms with Gasteiger partial charge in [0, 0.05) is 27.7 Å². The molecule has 67 heavy (non-hydrogen) atoms. The van der Waals surface area contributed by atoms with Crippen LogP contribution in [0.4, 0.5) is 17.1 Å². The van der Waals surface area contributed by atoms with Gasteiger partial charge in [0.25, 0.3) is 0 Å². The van der Waals surface area contributed by atoms with Crippen LogP contribution in [0.15, 0.2) is 265 Å². The molecule has 1 aliphatic carbocycles. The zero-order valence-electron chi connectivity index (χ0n) is 36.7. The van der Waals surface area contributed by atoms with Crippen LogP contribution in [0.1, 0.15) is 22.3 Å². The fourth-order valence-electron chi connectivity index (χ4n) is 10.9. The molecular formula is C65H43NO. The minimum absolute atomic E-state index is 0.519. The van der Waals surface area contributed by atoms with E-state index in [1.165, 1.54) is 66.4 Å². The molecule has 0 saturated carbocycles. The van der Waals surface area contributed by atoms with Crippen LogP contribution in [0.3, 0.4) is 0 Å². The number of nitrogens with zero attached hydrogens (tertiary/aromatic N) is 1. The van der Waals surface area contributed by atoms with E-state index in [0.717, 1.165) is 50.1 Å². The maximum Gasteiger partial charge on any atom is 0.136 e. The van der Waals surface area contributed by atoms with E-state index in [1.54, 1.807) is 0 Å². The SMILES string of the molecule is c1ccc(C2(c3ccccc3)c3ccccc3-c3c(N(c4ccc(-c5ccc(-c6ccc7ccccc7c6)cc5)cc4)c4ccc(-c5cccc6oc7ccccc7c56)cc4)cccc32)cc1. The average Bonchev–Trinajstić information content (AvgIpc) is 3.94. The molecule has 314 valence electrons. The molecule has 13 rings (SSSR count). The van der Waals surface area contributed by atoms with Crippen molar-refractivity contribution in [2.75, 3.05) is 4.90 Å². The topological polar surface area (TPSA) is 16.4 Å². The van der Waals surface area contributed by atoms with Crippen LogP contribution in [-0.4, -0.2) is 0 Å². The molecule has 1 aromatic heterocycles. The third-order valence-corrected chi connectivity index (χ3v) is 14.0. The molecular weight excluding hydrogens is 811 g/mol. The van der Waals surface area contributed by atoms with E-state index in [9.17, 15) is 0 Å². The zero-order valence-corrected chi connectivity index (χ0v) is 36.7. The van der Waals surface area contributed by atoms with Gasteiger partial charge in [-0.25, -0.2) is 0 Å². The van der Waals surface area contributed by atoms with Crippen molar-refractivity contribution in [1.29, 1.82) is 0 Å². The van der Waals surface area contributed by atoms with Crippen LogP contribution < -0.4 is 4.90 Å². The molecule has 0 atom stereocenters. The molecule has 0 aliphatic heterocycles. The number of rotatable bonds is 8. The zero-order chi connectivity index (χ0) is 44.3. The standard InChI is InChI=1S/C65H43NO/c1-3-17-51(18-4-1)65(52-19-5-2-6-20-52)58-24-11-9-21-56(58)64-59(65)25-14-26-60(64)66(54-41-37-48(38-42-54)55-23-13-28-62-63(55)57-22-10-12-27-61(57)67-62)53-39-35-46(36-40-53)45-29-31-47(32-30-45)50-34-33-44-15-7-8-16-49(44)43-50/h1-43H. The maximum atomic E-state index is 6.32. The van der Waals surface area contributed by atoms with E-state index >= 15 is 0 Å². The van der Waals surface area contributed by atoms with Crippen molar-refractivity contribution in [2.24, 2.45) is 0 Å². The smallest absolute Gasteiger partial charge is 0.136 e. The Bertz CT molecular complexity index is 3730. The lowest BCUT2D eigenvalue weighted by Crippen LogP contribution is -2.28. The predicted molar refractivity (Wildman–Crippen MR) is 280 cm³/mol. The predicted octanol–water partition coefficient (Wildman–Crippen LogP) is 17.6. The van der Waals surface area contributed by atoms with Gasteiger partial charge in [0.2, 0.25) is 0 Å². The first-order chi connectivity index (χ1) is 33.2. The summed E-state index contributed by atoms with van der Waals surface area (Å²) in [7, 11) is 0. The Morgan fingerprint density at radius 1 is 0.328 bits per heavy atom. The van der Waals surface area contributed by atoms with Gasteiger partial charge in [-0.15, -0.1) is 0 Å². The molecule has 1 aliphatic rings. The Kier molecular flexibility index (Phi) is 9.11. The highest BCUT2D eigenvalue weighted by Gasteiger charge is 2.47. The summed E-state index contributed by atoms with van der Waals surface area (Å²) in [5, 5.41) is 4.77. The molecule has 0 bridgehead atoms. The Balaban J connectivity index is 0.964. The van der Waals surface area contributed by atoms with Crippen molar-refractivity contribution in [3.8, 4) is 44.5 Å². The molecule has 0 N–H and O–H groups in total. The first kappa shape index (κ1) is 38.7. The van der Waals surface area contributed by atoms with E-state index in [-0.39, 0.29) is 0 Å². The van der Waals surface area contributed by atoms with E-state index in [0.29, 0.717) is 0 Å². The minimum atomic E-state index is -0.519. The van der Waals surface area contributed by atoms with Crippen LogP contribution in [-0.2, 0) is 5.41 Å². The Hall–Kier alpha value is -8.72. The first-order valence-electron chi connectivity index (χ1n) is 23.1. The quantitative estimate of drug-likeness (QED) is 0.151. The Morgan fingerprint density at radius 2 is 0.836 bits per heavy atom. The largest absolute Gasteiger partial charge is 0.456 e. The molecule has 0 amide bonds. The van der Waals surface area contributed by atoms with Crippen molar-refractivity contribution >= 4 is 49.8 Å². The normalized spacial score (nSPS) is 12.6. The number of anilines is 3. The summed E-state index contributed by atoms with van der Waals surface area (Å²) in [6, 6.07) is 95.1. The number of hydrogen-bond acceptors (Lipinski definition) is 2. The average molecular weight is 854 g/mol. The van der Waals surface area contributed by atoms with E-state index in [2.05, 4.69) is 254 Å². The molecule has 0 fully saturated rings. The molecule has 0 unspecified atom stereocenters. The van der Waals surface area contributed by atoms with Crippen LogP contribution >= 0.6 is 0 Å². The van der Waals surface area contributed by atoms with Gasteiger partial charge in [0.1, 0.15) is 11.2 Å². The van der Waals surface area contributed by atoms with Gasteiger partial charge >= 0.3 is 0 Å². The van der Waals surface area contributed by atoms with Gasteiger partial charge in [-0.2, -0.15) is 0 Å². The van der Waals surface area contributed by atoms with Gasteiger partial charge in [-0.1, -0.05) is 212 Å². The Labute approximate surface area is 390 Å². The fourth-order valence-corrected chi connectivity index (χ4v) is 10.9. The van der Waals surface area contributed by atoms with Crippen LogP contribution in [0.25, 0.3) is 77.2 Å². The van der Waals surface area contributed by atoms with Crippen molar-refractivity contribution in [3.05, 3.63) is 283 Å². The van der Waals surface area contributed by atoms with Crippen molar-refractivity contribution in [3.63, 3.8) is 0 Å². The summed E-state index contributed by atoms with van der Waals surface area (Å²) in [5.41, 5.74) is 19.1. The molecule has 12 aromatic rings.